The maximum absolute atomic E-state index is 12.2. The summed E-state index contributed by atoms with van der Waals surface area (Å²) in [7, 11) is 0. The van der Waals surface area contributed by atoms with Crippen LogP contribution in [-0.2, 0) is 4.79 Å². The zero-order chi connectivity index (χ0) is 15.7. The van der Waals surface area contributed by atoms with Gasteiger partial charge in [0.2, 0.25) is 5.91 Å². The summed E-state index contributed by atoms with van der Waals surface area (Å²) < 4.78 is 0. The number of unbranched alkanes of at least 4 members (excludes halogenated alkanes) is 1. The fraction of sp³-hybridized carbons (Fsp3) is 0.500. The first-order valence-corrected chi connectivity index (χ1v) is 7.39. The van der Waals surface area contributed by atoms with E-state index < -0.39 is 0 Å². The number of carbonyl (C=O) groups is 2. The van der Waals surface area contributed by atoms with Crippen molar-refractivity contribution >= 4 is 17.5 Å². The number of carbonyl (C=O) groups excluding carboxylic acids is 2. The second kappa shape index (κ2) is 9.13. The summed E-state index contributed by atoms with van der Waals surface area (Å²) in [6.07, 6.45) is 2.41. The summed E-state index contributed by atoms with van der Waals surface area (Å²) in [4.78, 5) is 24.0. The smallest absolute Gasteiger partial charge is 0.253 e. The van der Waals surface area contributed by atoms with Crippen LogP contribution in [-0.4, -0.2) is 29.6 Å². The van der Waals surface area contributed by atoms with E-state index in [4.69, 9.17) is 5.11 Å². The molecule has 1 aromatic rings. The Labute approximate surface area is 125 Å². The molecule has 0 fully saturated rings. The van der Waals surface area contributed by atoms with Crippen molar-refractivity contribution in [2.45, 2.75) is 45.6 Å². The Morgan fingerprint density at radius 2 is 1.95 bits per heavy atom. The molecule has 1 aromatic carbocycles. The van der Waals surface area contributed by atoms with Gasteiger partial charge in [0.25, 0.3) is 5.91 Å². The van der Waals surface area contributed by atoms with Crippen molar-refractivity contribution in [1.82, 2.24) is 5.32 Å². The molecule has 1 unspecified atom stereocenters. The van der Waals surface area contributed by atoms with Gasteiger partial charge in [-0.1, -0.05) is 19.1 Å². The highest BCUT2D eigenvalue weighted by atomic mass is 16.3. The first-order chi connectivity index (χ1) is 10.1. The predicted octanol–water partition coefficient (Wildman–Crippen LogP) is 2.32. The zero-order valence-electron chi connectivity index (χ0n) is 12.7. The van der Waals surface area contributed by atoms with Gasteiger partial charge in [0, 0.05) is 19.1 Å². The Balaban J connectivity index is 2.70. The van der Waals surface area contributed by atoms with Crippen molar-refractivity contribution in [3.8, 4) is 0 Å². The third-order valence-corrected chi connectivity index (χ3v) is 3.25. The predicted molar refractivity (Wildman–Crippen MR) is 83.2 cm³/mol. The van der Waals surface area contributed by atoms with Gasteiger partial charge in [-0.25, -0.2) is 0 Å². The van der Waals surface area contributed by atoms with Crippen LogP contribution in [0.25, 0.3) is 0 Å². The molecule has 0 aliphatic heterocycles. The van der Waals surface area contributed by atoms with Crippen LogP contribution in [0, 0.1) is 0 Å². The molecule has 5 heteroatoms. The molecule has 0 aromatic heterocycles. The van der Waals surface area contributed by atoms with Gasteiger partial charge in [-0.05, 0) is 38.3 Å². The third-order valence-electron chi connectivity index (χ3n) is 3.25. The molecule has 1 rings (SSSR count). The van der Waals surface area contributed by atoms with Crippen LogP contribution in [0.5, 0.6) is 0 Å². The van der Waals surface area contributed by atoms with Gasteiger partial charge < -0.3 is 15.7 Å². The Kier molecular flexibility index (Phi) is 7.46. The molecule has 0 spiro atoms. The van der Waals surface area contributed by atoms with Crippen LogP contribution in [0.4, 0.5) is 5.69 Å². The Morgan fingerprint density at radius 3 is 2.62 bits per heavy atom. The number of rotatable bonds is 8. The average molecular weight is 292 g/mol. The van der Waals surface area contributed by atoms with E-state index in [1.807, 2.05) is 13.8 Å². The van der Waals surface area contributed by atoms with Crippen molar-refractivity contribution < 1.29 is 14.7 Å². The molecule has 21 heavy (non-hydrogen) atoms. The van der Waals surface area contributed by atoms with Gasteiger partial charge in [-0.15, -0.1) is 0 Å². The lowest BCUT2D eigenvalue weighted by molar-refractivity contribution is -0.116. The van der Waals surface area contributed by atoms with Gasteiger partial charge >= 0.3 is 0 Å². The lowest BCUT2D eigenvalue weighted by Crippen LogP contribution is -2.32. The fourth-order valence-corrected chi connectivity index (χ4v) is 1.80. The van der Waals surface area contributed by atoms with Crippen LogP contribution >= 0.6 is 0 Å². The molecule has 0 saturated carbocycles. The van der Waals surface area contributed by atoms with Crippen LogP contribution in [0.3, 0.4) is 0 Å². The fourth-order valence-electron chi connectivity index (χ4n) is 1.80. The number of aliphatic hydroxyl groups is 1. The summed E-state index contributed by atoms with van der Waals surface area (Å²) in [5, 5.41) is 14.4. The molecular weight excluding hydrogens is 268 g/mol. The molecule has 5 nitrogen and oxygen atoms in total. The van der Waals surface area contributed by atoms with Crippen molar-refractivity contribution in [1.29, 1.82) is 0 Å². The molecule has 0 aliphatic carbocycles. The number of hydrogen-bond donors (Lipinski definition) is 3. The minimum Gasteiger partial charge on any atom is -0.396 e. The van der Waals surface area contributed by atoms with E-state index in [0.717, 1.165) is 6.42 Å². The molecule has 0 aliphatic rings. The van der Waals surface area contributed by atoms with Crippen molar-refractivity contribution in [3.05, 3.63) is 29.8 Å². The number of nitrogens with one attached hydrogen (secondary N) is 2. The highest BCUT2D eigenvalue weighted by Crippen LogP contribution is 2.16. The van der Waals surface area contributed by atoms with E-state index in [9.17, 15) is 9.59 Å². The summed E-state index contributed by atoms with van der Waals surface area (Å²) in [5.74, 6) is -0.331. The topological polar surface area (TPSA) is 78.4 Å². The second-order valence-electron chi connectivity index (χ2n) is 5.06. The van der Waals surface area contributed by atoms with Crippen LogP contribution < -0.4 is 10.6 Å². The Hall–Kier alpha value is -1.88. The molecular formula is C16H24N2O3. The zero-order valence-corrected chi connectivity index (χ0v) is 12.7. The summed E-state index contributed by atoms with van der Waals surface area (Å²) in [6, 6.07) is 7.05. The van der Waals surface area contributed by atoms with Gasteiger partial charge in [0.1, 0.15) is 0 Å². The summed E-state index contributed by atoms with van der Waals surface area (Å²) in [6.45, 7) is 4.02. The van der Waals surface area contributed by atoms with E-state index in [1.165, 1.54) is 0 Å². The number of para-hydroxylation sites is 1. The molecule has 0 bridgehead atoms. The monoisotopic (exact) mass is 292 g/mol. The maximum Gasteiger partial charge on any atom is 0.253 e. The van der Waals surface area contributed by atoms with Crippen molar-refractivity contribution in [2.75, 3.05) is 11.9 Å². The average Bonchev–Trinajstić information content (AvgIpc) is 2.47. The second-order valence-corrected chi connectivity index (χ2v) is 5.06. The number of benzene rings is 1. The Bertz CT molecular complexity index is 474. The molecule has 0 heterocycles. The highest BCUT2D eigenvalue weighted by molar-refractivity contribution is 6.03. The minimum atomic E-state index is -0.185. The lowest BCUT2D eigenvalue weighted by Gasteiger charge is -2.14. The number of hydrogen-bond acceptors (Lipinski definition) is 3. The molecule has 2 amide bonds. The molecule has 116 valence electrons. The normalized spacial score (nSPS) is 11.8. The number of aliphatic hydroxyl groups excluding tert-OH is 1. The van der Waals surface area contributed by atoms with Gasteiger partial charge in [0.05, 0.1) is 11.3 Å². The summed E-state index contributed by atoms with van der Waals surface area (Å²) in [5.41, 5.74) is 0.987. The SMILES string of the molecule is CCC(C)NC(=O)c1ccccc1NC(=O)CCCCO. The molecule has 0 saturated heterocycles. The van der Waals surface area contributed by atoms with Crippen LogP contribution in [0.1, 0.15) is 49.9 Å². The number of anilines is 1. The Morgan fingerprint density at radius 1 is 1.24 bits per heavy atom. The third kappa shape index (κ3) is 5.95. The van der Waals surface area contributed by atoms with E-state index in [-0.39, 0.29) is 24.5 Å². The molecule has 0 radical (unpaired) electrons. The van der Waals surface area contributed by atoms with E-state index >= 15 is 0 Å². The van der Waals surface area contributed by atoms with Crippen molar-refractivity contribution in [3.63, 3.8) is 0 Å². The first-order valence-electron chi connectivity index (χ1n) is 7.39. The summed E-state index contributed by atoms with van der Waals surface area (Å²) >= 11 is 0. The van der Waals surface area contributed by atoms with Gasteiger partial charge in [-0.3, -0.25) is 9.59 Å². The van der Waals surface area contributed by atoms with E-state index in [0.29, 0.717) is 30.5 Å². The standard InChI is InChI=1S/C16H24N2O3/c1-3-12(2)17-16(21)13-8-4-5-9-14(13)18-15(20)10-6-7-11-19/h4-5,8-9,12,19H,3,6-7,10-11H2,1-2H3,(H,17,21)(H,18,20). The van der Waals surface area contributed by atoms with Gasteiger partial charge in [0.15, 0.2) is 0 Å². The quantitative estimate of drug-likeness (QED) is 0.643. The minimum absolute atomic E-state index is 0.0845. The maximum atomic E-state index is 12.2. The van der Waals surface area contributed by atoms with Crippen LogP contribution in [0.2, 0.25) is 0 Å². The van der Waals surface area contributed by atoms with E-state index in [1.54, 1.807) is 24.3 Å². The number of amides is 2. The largest absolute Gasteiger partial charge is 0.396 e. The molecule has 3 N–H and O–H groups in total. The van der Waals surface area contributed by atoms with E-state index in [2.05, 4.69) is 10.6 Å². The first kappa shape index (κ1) is 17.2. The highest BCUT2D eigenvalue weighted by Gasteiger charge is 2.14. The van der Waals surface area contributed by atoms with Crippen molar-refractivity contribution in [2.24, 2.45) is 0 Å². The van der Waals surface area contributed by atoms with Crippen LogP contribution in [0.15, 0.2) is 24.3 Å². The van der Waals surface area contributed by atoms with Gasteiger partial charge in [-0.2, -0.15) is 0 Å². The lowest BCUT2D eigenvalue weighted by atomic mass is 10.1. The molecule has 1 atom stereocenters.